The van der Waals surface area contributed by atoms with Crippen molar-refractivity contribution in [2.75, 3.05) is 13.4 Å². The number of hydrogen-bond acceptors (Lipinski definition) is 5. The molecule has 0 amide bonds. The van der Waals surface area contributed by atoms with Gasteiger partial charge in [-0.1, -0.05) is 44.2 Å². The minimum Gasteiger partial charge on any atom is -0.480 e. The van der Waals surface area contributed by atoms with E-state index in [1.807, 2.05) is 43.5 Å². The molecule has 1 atom stereocenters. The summed E-state index contributed by atoms with van der Waals surface area (Å²) in [5.74, 6) is 0.174. The van der Waals surface area contributed by atoms with Gasteiger partial charge >= 0.3 is 5.97 Å². The van der Waals surface area contributed by atoms with E-state index in [1.54, 1.807) is 25.1 Å². The highest BCUT2D eigenvalue weighted by molar-refractivity contribution is 7.98. The number of pyridine rings is 1. The fraction of sp³-hybridized carbons (Fsp3) is 0.400. The average Bonchev–Trinajstić information content (AvgIpc) is 2.64. The summed E-state index contributed by atoms with van der Waals surface area (Å²) in [6.07, 6.45) is 3.77. The summed E-state index contributed by atoms with van der Waals surface area (Å²) in [7, 11) is 1.60. The van der Waals surface area contributed by atoms with E-state index in [4.69, 9.17) is 9.47 Å². The van der Waals surface area contributed by atoms with Gasteiger partial charge in [0.2, 0.25) is 5.88 Å². The van der Waals surface area contributed by atoms with Gasteiger partial charge in [-0.05, 0) is 35.8 Å². The molecule has 4 nitrogen and oxygen atoms in total. The molecule has 2 rings (SSSR count). The summed E-state index contributed by atoms with van der Waals surface area (Å²) in [5.41, 5.74) is 2.98. The Morgan fingerprint density at radius 3 is 2.44 bits per heavy atom. The van der Waals surface area contributed by atoms with E-state index in [1.165, 1.54) is 0 Å². The molecule has 0 bridgehead atoms. The molecule has 0 saturated heterocycles. The molecule has 0 N–H and O–H groups in total. The van der Waals surface area contributed by atoms with Gasteiger partial charge in [0, 0.05) is 6.20 Å². The lowest BCUT2D eigenvalue weighted by Crippen LogP contribution is -2.17. The highest BCUT2D eigenvalue weighted by Crippen LogP contribution is 2.39. The van der Waals surface area contributed by atoms with E-state index in [9.17, 15) is 4.79 Å². The molecule has 1 aromatic carbocycles. The van der Waals surface area contributed by atoms with Gasteiger partial charge in [-0.25, -0.2) is 4.98 Å². The maximum Gasteiger partial charge on any atom is 0.313 e. The van der Waals surface area contributed by atoms with Gasteiger partial charge in [0.15, 0.2) is 0 Å². The van der Waals surface area contributed by atoms with Crippen LogP contribution in [0.15, 0.2) is 41.4 Å². The monoisotopic (exact) mass is 359 g/mol. The summed E-state index contributed by atoms with van der Waals surface area (Å²) in [6.45, 7) is 6.35. The number of esters is 1. The van der Waals surface area contributed by atoms with Crippen molar-refractivity contribution >= 4 is 17.7 Å². The minimum absolute atomic E-state index is 0.241. The highest BCUT2D eigenvalue weighted by atomic mass is 32.2. The average molecular weight is 359 g/mol. The van der Waals surface area contributed by atoms with Crippen LogP contribution in [0.25, 0.3) is 0 Å². The van der Waals surface area contributed by atoms with Crippen LogP contribution < -0.4 is 4.74 Å². The number of ether oxygens (including phenoxy) is 2. The van der Waals surface area contributed by atoms with Crippen LogP contribution in [0.2, 0.25) is 0 Å². The molecule has 0 saturated carbocycles. The van der Waals surface area contributed by atoms with Crippen molar-refractivity contribution in [1.29, 1.82) is 0 Å². The van der Waals surface area contributed by atoms with Crippen LogP contribution in [0.4, 0.5) is 0 Å². The van der Waals surface area contributed by atoms with Gasteiger partial charge < -0.3 is 9.47 Å². The van der Waals surface area contributed by atoms with E-state index < -0.39 is 0 Å². The van der Waals surface area contributed by atoms with E-state index >= 15 is 0 Å². The predicted octanol–water partition coefficient (Wildman–Crippen LogP) is 4.78. The molecule has 2 aromatic rings. The molecule has 0 fully saturated rings. The number of rotatable bonds is 7. The Labute approximate surface area is 154 Å². The number of benzene rings is 1. The van der Waals surface area contributed by atoms with E-state index in [-0.39, 0.29) is 24.4 Å². The third kappa shape index (κ3) is 4.54. The molecule has 0 aliphatic rings. The van der Waals surface area contributed by atoms with Crippen molar-refractivity contribution in [3.8, 4) is 5.88 Å². The SMILES string of the molecule is COc1ncc(C(C)C)c(C(C)C(=O)OCc2ccccc2)c1SC. The molecule has 134 valence electrons. The van der Waals surface area contributed by atoms with Crippen molar-refractivity contribution < 1.29 is 14.3 Å². The van der Waals surface area contributed by atoms with Crippen LogP contribution in [0, 0.1) is 0 Å². The van der Waals surface area contributed by atoms with E-state index in [2.05, 4.69) is 18.8 Å². The summed E-state index contributed by atoms with van der Waals surface area (Å²) in [5, 5.41) is 0. The number of carbonyl (C=O) groups excluding carboxylic acids is 1. The van der Waals surface area contributed by atoms with Gasteiger partial charge in [-0.3, -0.25) is 4.79 Å². The number of nitrogens with zero attached hydrogens (tertiary/aromatic N) is 1. The largest absolute Gasteiger partial charge is 0.480 e. The number of methoxy groups -OCH3 is 1. The zero-order chi connectivity index (χ0) is 18.4. The first-order valence-corrected chi connectivity index (χ1v) is 9.53. The minimum atomic E-state index is -0.388. The van der Waals surface area contributed by atoms with Gasteiger partial charge in [-0.15, -0.1) is 11.8 Å². The van der Waals surface area contributed by atoms with Gasteiger partial charge in [-0.2, -0.15) is 0 Å². The molecule has 1 heterocycles. The lowest BCUT2D eigenvalue weighted by atomic mass is 9.91. The van der Waals surface area contributed by atoms with Gasteiger partial charge in [0.25, 0.3) is 0 Å². The fourth-order valence-electron chi connectivity index (χ4n) is 2.72. The molecule has 5 heteroatoms. The smallest absolute Gasteiger partial charge is 0.313 e. The predicted molar refractivity (Wildman–Crippen MR) is 101 cm³/mol. The molecular weight excluding hydrogens is 334 g/mol. The zero-order valence-electron chi connectivity index (χ0n) is 15.4. The van der Waals surface area contributed by atoms with Crippen LogP contribution in [0.3, 0.4) is 0 Å². The first kappa shape index (κ1) is 19.3. The summed E-state index contributed by atoms with van der Waals surface area (Å²) in [6, 6.07) is 9.70. The first-order chi connectivity index (χ1) is 12.0. The number of hydrogen-bond donors (Lipinski definition) is 0. The molecular formula is C20H25NO3S. The topological polar surface area (TPSA) is 48.4 Å². The van der Waals surface area contributed by atoms with E-state index in [0.717, 1.165) is 21.6 Å². The van der Waals surface area contributed by atoms with Crippen molar-refractivity contribution in [2.24, 2.45) is 0 Å². The summed E-state index contributed by atoms with van der Waals surface area (Å²) < 4.78 is 10.9. The summed E-state index contributed by atoms with van der Waals surface area (Å²) >= 11 is 1.54. The second kappa shape index (κ2) is 8.90. The van der Waals surface area contributed by atoms with Gasteiger partial charge in [0.05, 0.1) is 17.9 Å². The zero-order valence-corrected chi connectivity index (χ0v) is 16.2. The Kier molecular flexibility index (Phi) is 6.88. The van der Waals surface area contributed by atoms with Gasteiger partial charge in [0.1, 0.15) is 6.61 Å². The lowest BCUT2D eigenvalue weighted by molar-refractivity contribution is -0.146. The Bertz CT molecular complexity index is 716. The van der Waals surface area contributed by atoms with Crippen LogP contribution in [-0.4, -0.2) is 24.3 Å². The van der Waals surface area contributed by atoms with Crippen molar-refractivity contribution in [3.63, 3.8) is 0 Å². The molecule has 0 aliphatic heterocycles. The molecule has 25 heavy (non-hydrogen) atoms. The molecule has 1 aromatic heterocycles. The second-order valence-corrected chi connectivity index (χ2v) is 6.96. The third-order valence-corrected chi connectivity index (χ3v) is 4.90. The first-order valence-electron chi connectivity index (χ1n) is 8.30. The van der Waals surface area contributed by atoms with Crippen molar-refractivity contribution in [1.82, 2.24) is 4.98 Å². The number of aromatic nitrogens is 1. The maximum absolute atomic E-state index is 12.7. The van der Waals surface area contributed by atoms with Crippen LogP contribution in [-0.2, 0) is 16.1 Å². The Hall–Kier alpha value is -2.01. The molecule has 0 aliphatic carbocycles. The van der Waals surface area contributed by atoms with Crippen molar-refractivity contribution in [2.45, 2.75) is 44.1 Å². The van der Waals surface area contributed by atoms with Crippen LogP contribution in [0.5, 0.6) is 5.88 Å². The highest BCUT2D eigenvalue weighted by Gasteiger charge is 2.27. The molecule has 1 unspecified atom stereocenters. The van der Waals surface area contributed by atoms with Crippen LogP contribution in [0.1, 0.15) is 49.3 Å². The molecule has 0 spiro atoms. The summed E-state index contributed by atoms with van der Waals surface area (Å²) in [4.78, 5) is 18.0. The standard InChI is InChI=1S/C20H25NO3S/c1-13(2)16-11-21-19(23-4)18(25-5)17(16)14(3)20(22)24-12-15-9-7-6-8-10-15/h6-11,13-14H,12H2,1-5H3. The fourth-order valence-corrected chi connectivity index (χ4v) is 3.55. The third-order valence-electron chi connectivity index (χ3n) is 4.10. The Balaban J connectivity index is 2.29. The lowest BCUT2D eigenvalue weighted by Gasteiger charge is -2.22. The number of carbonyl (C=O) groups is 1. The van der Waals surface area contributed by atoms with E-state index in [0.29, 0.717) is 5.88 Å². The Morgan fingerprint density at radius 2 is 1.88 bits per heavy atom. The maximum atomic E-state index is 12.7. The Morgan fingerprint density at radius 1 is 1.20 bits per heavy atom. The normalized spacial score (nSPS) is 12.1. The quantitative estimate of drug-likeness (QED) is 0.526. The number of thioether (sulfide) groups is 1. The van der Waals surface area contributed by atoms with Crippen LogP contribution >= 0.6 is 11.8 Å². The van der Waals surface area contributed by atoms with Crippen molar-refractivity contribution in [3.05, 3.63) is 53.2 Å². The molecule has 0 radical (unpaired) electrons. The second-order valence-electron chi connectivity index (χ2n) is 6.14.